The minimum atomic E-state index is -0.244. The molecule has 3 heteroatoms. The van der Waals surface area contributed by atoms with Gasteiger partial charge in [0, 0.05) is 24.1 Å². The summed E-state index contributed by atoms with van der Waals surface area (Å²) in [6, 6.07) is 4.71. The van der Waals surface area contributed by atoms with Crippen LogP contribution in [-0.2, 0) is 0 Å². The monoisotopic (exact) mass is 263 g/mol. The first-order valence-electron chi connectivity index (χ1n) is 7.38. The van der Waals surface area contributed by atoms with Crippen LogP contribution in [0.4, 0.5) is 4.39 Å². The smallest absolute Gasteiger partial charge is 0.127 e. The van der Waals surface area contributed by atoms with E-state index in [1.807, 2.05) is 0 Å². The summed E-state index contributed by atoms with van der Waals surface area (Å²) in [6.07, 6.45) is 6.69. The Morgan fingerprint density at radius 3 is 3.05 bits per heavy atom. The molecule has 2 unspecified atom stereocenters. The van der Waals surface area contributed by atoms with E-state index in [0.717, 1.165) is 24.8 Å². The summed E-state index contributed by atoms with van der Waals surface area (Å²) in [5.41, 5.74) is 7.11. The summed E-state index contributed by atoms with van der Waals surface area (Å²) in [5, 5.41) is 0. The van der Waals surface area contributed by atoms with Crippen molar-refractivity contribution in [1.82, 2.24) is 0 Å². The molecule has 0 amide bonds. The lowest BCUT2D eigenvalue weighted by atomic mass is 9.69. The Morgan fingerprint density at radius 1 is 1.42 bits per heavy atom. The second-order valence-electron chi connectivity index (χ2n) is 6.01. The number of hydrogen-bond acceptors (Lipinski definition) is 2. The maximum Gasteiger partial charge on any atom is 0.127 e. The van der Waals surface area contributed by atoms with Crippen LogP contribution in [-0.4, -0.2) is 5.60 Å². The van der Waals surface area contributed by atoms with Crippen molar-refractivity contribution in [2.75, 3.05) is 0 Å². The average molecular weight is 263 g/mol. The van der Waals surface area contributed by atoms with Crippen molar-refractivity contribution in [3.63, 3.8) is 0 Å². The number of ether oxygens (including phenoxy) is 1. The van der Waals surface area contributed by atoms with Crippen LogP contribution in [0.15, 0.2) is 18.2 Å². The Morgan fingerprint density at radius 2 is 2.26 bits per heavy atom. The van der Waals surface area contributed by atoms with Crippen LogP contribution < -0.4 is 10.5 Å². The fraction of sp³-hybridized carbons (Fsp3) is 0.625. The van der Waals surface area contributed by atoms with Gasteiger partial charge in [0.05, 0.1) is 0 Å². The standard InChI is InChI=1S/C16H22FNO/c1-2-11-5-3-4-8-16(11)10-14(18)13-7-6-12(17)9-15(13)19-16/h6-7,9,11,14H,2-5,8,10,18H2,1H3/t11?,14-,16?/m1/s1. The topological polar surface area (TPSA) is 35.2 Å². The van der Waals surface area contributed by atoms with Gasteiger partial charge in [-0.15, -0.1) is 0 Å². The molecule has 2 nitrogen and oxygen atoms in total. The molecule has 1 spiro atoms. The van der Waals surface area contributed by atoms with Crippen molar-refractivity contribution in [1.29, 1.82) is 0 Å². The van der Waals surface area contributed by atoms with E-state index >= 15 is 0 Å². The minimum Gasteiger partial charge on any atom is -0.486 e. The molecule has 1 saturated carbocycles. The second-order valence-corrected chi connectivity index (χ2v) is 6.01. The predicted octanol–water partition coefficient (Wildman–Crippen LogP) is 3.95. The molecule has 2 aliphatic rings. The van der Waals surface area contributed by atoms with E-state index in [9.17, 15) is 4.39 Å². The number of benzene rings is 1. The third-order valence-electron chi connectivity index (χ3n) is 4.89. The number of halogens is 1. The Labute approximate surface area is 114 Å². The lowest BCUT2D eigenvalue weighted by molar-refractivity contribution is -0.0491. The summed E-state index contributed by atoms with van der Waals surface area (Å²) in [6.45, 7) is 2.22. The van der Waals surface area contributed by atoms with Crippen LogP contribution >= 0.6 is 0 Å². The summed E-state index contributed by atoms with van der Waals surface area (Å²) in [5.74, 6) is 0.967. The fourth-order valence-electron chi connectivity index (χ4n) is 3.91. The van der Waals surface area contributed by atoms with E-state index in [1.165, 1.54) is 31.4 Å². The molecule has 104 valence electrons. The summed E-state index contributed by atoms with van der Waals surface area (Å²) >= 11 is 0. The van der Waals surface area contributed by atoms with Gasteiger partial charge in [0.2, 0.25) is 0 Å². The van der Waals surface area contributed by atoms with Gasteiger partial charge in [-0.2, -0.15) is 0 Å². The molecule has 3 rings (SSSR count). The third kappa shape index (κ3) is 2.14. The van der Waals surface area contributed by atoms with Crippen LogP contribution in [0.3, 0.4) is 0 Å². The van der Waals surface area contributed by atoms with Gasteiger partial charge in [-0.3, -0.25) is 0 Å². The molecular weight excluding hydrogens is 241 g/mol. The van der Waals surface area contributed by atoms with Crippen LogP contribution in [0.2, 0.25) is 0 Å². The number of hydrogen-bond donors (Lipinski definition) is 1. The number of nitrogens with two attached hydrogens (primary N) is 1. The lowest BCUT2D eigenvalue weighted by Gasteiger charge is -2.48. The van der Waals surface area contributed by atoms with E-state index in [2.05, 4.69) is 6.92 Å². The van der Waals surface area contributed by atoms with Gasteiger partial charge < -0.3 is 10.5 Å². The Balaban J connectivity index is 1.98. The van der Waals surface area contributed by atoms with Crippen LogP contribution in [0.25, 0.3) is 0 Å². The van der Waals surface area contributed by atoms with Crippen LogP contribution in [0.1, 0.15) is 57.1 Å². The Hall–Kier alpha value is -1.09. The average Bonchev–Trinajstić information content (AvgIpc) is 2.38. The molecule has 0 saturated heterocycles. The zero-order valence-electron chi connectivity index (χ0n) is 11.5. The second kappa shape index (κ2) is 4.78. The molecule has 0 aromatic heterocycles. The molecular formula is C16H22FNO. The van der Waals surface area contributed by atoms with E-state index in [4.69, 9.17) is 10.5 Å². The van der Waals surface area contributed by atoms with Gasteiger partial charge >= 0.3 is 0 Å². The van der Waals surface area contributed by atoms with Crippen LogP contribution in [0.5, 0.6) is 5.75 Å². The van der Waals surface area contributed by atoms with Crippen molar-refractivity contribution in [2.45, 2.75) is 57.1 Å². The normalized spacial score (nSPS) is 33.8. The van der Waals surface area contributed by atoms with Gasteiger partial charge in [-0.1, -0.05) is 19.4 Å². The first kappa shape index (κ1) is 12.9. The van der Waals surface area contributed by atoms with Crippen molar-refractivity contribution in [3.05, 3.63) is 29.6 Å². The van der Waals surface area contributed by atoms with E-state index < -0.39 is 0 Å². The van der Waals surface area contributed by atoms with Gasteiger partial charge in [0.15, 0.2) is 0 Å². The molecule has 1 aromatic carbocycles. The molecule has 1 fully saturated rings. The Kier molecular flexibility index (Phi) is 3.25. The largest absolute Gasteiger partial charge is 0.486 e. The maximum absolute atomic E-state index is 13.4. The molecule has 2 N–H and O–H groups in total. The summed E-state index contributed by atoms with van der Waals surface area (Å²) in [7, 11) is 0. The van der Waals surface area contributed by atoms with E-state index in [-0.39, 0.29) is 17.5 Å². The van der Waals surface area contributed by atoms with Crippen molar-refractivity contribution in [2.24, 2.45) is 11.7 Å². The third-order valence-corrected chi connectivity index (χ3v) is 4.89. The highest BCUT2D eigenvalue weighted by Gasteiger charge is 2.46. The van der Waals surface area contributed by atoms with Gasteiger partial charge in [-0.25, -0.2) is 4.39 Å². The molecule has 1 aliphatic heterocycles. The van der Waals surface area contributed by atoms with Crippen molar-refractivity contribution < 1.29 is 9.13 Å². The molecule has 0 bridgehead atoms. The SMILES string of the molecule is CCC1CCCCC12C[C@@H](N)c1ccc(F)cc1O2. The van der Waals surface area contributed by atoms with Crippen LogP contribution in [0, 0.1) is 11.7 Å². The van der Waals surface area contributed by atoms with E-state index in [1.54, 1.807) is 6.07 Å². The highest BCUT2D eigenvalue weighted by Crippen LogP contribution is 2.49. The van der Waals surface area contributed by atoms with Crippen molar-refractivity contribution in [3.8, 4) is 5.75 Å². The quantitative estimate of drug-likeness (QED) is 0.832. The summed E-state index contributed by atoms with van der Waals surface area (Å²) in [4.78, 5) is 0. The number of fused-ring (bicyclic) bond motifs is 1. The molecule has 19 heavy (non-hydrogen) atoms. The predicted molar refractivity (Wildman–Crippen MR) is 73.6 cm³/mol. The minimum absolute atomic E-state index is 0.0310. The maximum atomic E-state index is 13.4. The molecule has 0 radical (unpaired) electrons. The summed E-state index contributed by atoms with van der Waals surface area (Å²) < 4.78 is 19.7. The molecule has 3 atom stereocenters. The highest BCUT2D eigenvalue weighted by atomic mass is 19.1. The molecule has 1 aromatic rings. The first-order chi connectivity index (χ1) is 9.14. The Bertz CT molecular complexity index is 476. The lowest BCUT2D eigenvalue weighted by Crippen LogP contribution is -2.50. The van der Waals surface area contributed by atoms with Gasteiger partial charge in [0.25, 0.3) is 0 Å². The highest BCUT2D eigenvalue weighted by molar-refractivity contribution is 5.39. The van der Waals surface area contributed by atoms with Gasteiger partial charge in [0.1, 0.15) is 17.2 Å². The molecule has 1 aliphatic carbocycles. The number of rotatable bonds is 1. The van der Waals surface area contributed by atoms with Crippen molar-refractivity contribution >= 4 is 0 Å². The van der Waals surface area contributed by atoms with Gasteiger partial charge in [-0.05, 0) is 37.7 Å². The molecule has 1 heterocycles. The zero-order chi connectivity index (χ0) is 13.5. The zero-order valence-corrected chi connectivity index (χ0v) is 11.5. The van der Waals surface area contributed by atoms with E-state index in [0.29, 0.717) is 11.7 Å². The first-order valence-corrected chi connectivity index (χ1v) is 7.38. The fourth-order valence-corrected chi connectivity index (χ4v) is 3.91.